The molecule has 0 bridgehead atoms. The van der Waals surface area contributed by atoms with Crippen molar-refractivity contribution >= 4 is 29.1 Å². The van der Waals surface area contributed by atoms with Crippen LogP contribution in [0, 0.1) is 5.92 Å². The number of nitrogens with zero attached hydrogens (tertiary/aromatic N) is 1. The second-order valence-corrected chi connectivity index (χ2v) is 9.49. The van der Waals surface area contributed by atoms with Crippen molar-refractivity contribution in [2.24, 2.45) is 11.7 Å². The molecule has 2 amide bonds. The highest BCUT2D eigenvalue weighted by atomic mass is 35.5. The van der Waals surface area contributed by atoms with Gasteiger partial charge in [-0.3, -0.25) is 9.59 Å². The van der Waals surface area contributed by atoms with E-state index in [0.29, 0.717) is 34.3 Å². The molecular weight excluding hydrogens is 442 g/mol. The molecule has 2 fully saturated rings. The van der Waals surface area contributed by atoms with Crippen LogP contribution in [-0.2, 0) is 11.3 Å². The smallest absolute Gasteiger partial charge is 0.255 e. The van der Waals surface area contributed by atoms with Crippen molar-refractivity contribution in [1.29, 1.82) is 0 Å². The van der Waals surface area contributed by atoms with Crippen LogP contribution in [0.4, 0.5) is 5.69 Å². The fraction of sp³-hybridized carbons (Fsp3) is 0.440. The third-order valence-electron chi connectivity index (χ3n) is 6.67. The molecule has 174 valence electrons. The van der Waals surface area contributed by atoms with E-state index in [0.717, 1.165) is 44.1 Å². The quantitative estimate of drug-likeness (QED) is 0.656. The first kappa shape index (κ1) is 22.0. The van der Waals surface area contributed by atoms with Crippen molar-refractivity contribution < 1.29 is 19.1 Å². The number of fused-ring (bicyclic) bond motifs is 1. The largest absolute Gasteiger partial charge is 0.454 e. The maximum absolute atomic E-state index is 13.1. The molecule has 1 aliphatic heterocycles. The minimum atomic E-state index is -0.262. The van der Waals surface area contributed by atoms with Gasteiger partial charge in [-0.15, -0.1) is 0 Å². The van der Waals surface area contributed by atoms with E-state index in [9.17, 15) is 9.59 Å². The Kier molecular flexibility index (Phi) is 6.17. The summed E-state index contributed by atoms with van der Waals surface area (Å²) in [6.07, 6.45) is 5.90. The number of nitrogens with one attached hydrogen (secondary N) is 1. The van der Waals surface area contributed by atoms with E-state index in [1.807, 2.05) is 11.0 Å². The summed E-state index contributed by atoms with van der Waals surface area (Å²) >= 11 is 6.52. The number of carbonyl (C=O) groups is 2. The zero-order valence-corrected chi connectivity index (χ0v) is 19.1. The van der Waals surface area contributed by atoms with E-state index in [4.69, 9.17) is 26.8 Å². The summed E-state index contributed by atoms with van der Waals surface area (Å²) in [5.74, 6) is 1.19. The summed E-state index contributed by atoms with van der Waals surface area (Å²) in [6, 6.07) is 10.4. The fourth-order valence-corrected chi connectivity index (χ4v) is 4.83. The maximum atomic E-state index is 13.1. The van der Waals surface area contributed by atoms with Gasteiger partial charge in [-0.1, -0.05) is 24.4 Å². The van der Waals surface area contributed by atoms with Crippen molar-refractivity contribution in [2.45, 2.75) is 57.2 Å². The topological polar surface area (TPSA) is 93.9 Å². The van der Waals surface area contributed by atoms with Crippen LogP contribution in [0.3, 0.4) is 0 Å². The number of hydrogen-bond donors (Lipinski definition) is 2. The third-order valence-corrected chi connectivity index (χ3v) is 7.04. The Hall–Kier alpha value is -2.77. The van der Waals surface area contributed by atoms with Gasteiger partial charge in [0.2, 0.25) is 12.7 Å². The molecule has 0 aromatic heterocycles. The van der Waals surface area contributed by atoms with E-state index >= 15 is 0 Å². The summed E-state index contributed by atoms with van der Waals surface area (Å²) in [5, 5.41) is 3.48. The Labute approximate surface area is 198 Å². The van der Waals surface area contributed by atoms with E-state index < -0.39 is 0 Å². The summed E-state index contributed by atoms with van der Waals surface area (Å²) in [4.78, 5) is 27.9. The van der Waals surface area contributed by atoms with Crippen LogP contribution < -0.4 is 20.5 Å². The number of amides is 2. The average Bonchev–Trinajstić information content (AvgIpc) is 3.56. The third kappa shape index (κ3) is 4.80. The monoisotopic (exact) mass is 469 g/mol. The van der Waals surface area contributed by atoms with E-state index in [1.165, 1.54) is 0 Å². The number of carbonyl (C=O) groups excluding carboxylic acids is 2. The number of benzene rings is 2. The van der Waals surface area contributed by atoms with Gasteiger partial charge in [-0.2, -0.15) is 0 Å². The lowest BCUT2D eigenvalue weighted by molar-refractivity contribution is -0.136. The lowest BCUT2D eigenvalue weighted by Crippen LogP contribution is -2.52. The summed E-state index contributed by atoms with van der Waals surface area (Å²) in [5.41, 5.74) is 8.31. The zero-order valence-electron chi connectivity index (χ0n) is 18.4. The number of ether oxygens (including phenoxy) is 2. The van der Waals surface area contributed by atoms with Gasteiger partial charge in [0.25, 0.3) is 5.91 Å². The Morgan fingerprint density at radius 3 is 2.61 bits per heavy atom. The molecule has 2 aromatic rings. The van der Waals surface area contributed by atoms with Gasteiger partial charge in [-0.05, 0) is 67.6 Å². The van der Waals surface area contributed by atoms with E-state index in [1.54, 1.807) is 30.3 Å². The molecule has 2 unspecified atom stereocenters. The first-order chi connectivity index (χ1) is 16.0. The van der Waals surface area contributed by atoms with Crippen LogP contribution in [-0.4, -0.2) is 35.6 Å². The number of hydrogen-bond acceptors (Lipinski definition) is 5. The van der Waals surface area contributed by atoms with E-state index in [-0.39, 0.29) is 36.6 Å². The highest BCUT2D eigenvalue weighted by molar-refractivity contribution is 6.31. The van der Waals surface area contributed by atoms with Gasteiger partial charge in [0.1, 0.15) is 0 Å². The highest BCUT2D eigenvalue weighted by Crippen LogP contribution is 2.36. The van der Waals surface area contributed by atoms with Crippen LogP contribution in [0.15, 0.2) is 36.4 Å². The molecule has 2 aromatic carbocycles. The molecule has 7 nitrogen and oxygen atoms in total. The van der Waals surface area contributed by atoms with Gasteiger partial charge >= 0.3 is 0 Å². The molecule has 2 aliphatic carbocycles. The first-order valence-electron chi connectivity index (χ1n) is 11.5. The molecule has 8 heteroatoms. The fourth-order valence-electron chi connectivity index (χ4n) is 4.65. The van der Waals surface area contributed by atoms with Crippen LogP contribution in [0.25, 0.3) is 0 Å². The lowest BCUT2D eigenvalue weighted by atomic mass is 9.89. The number of rotatable bonds is 6. The number of anilines is 1. The summed E-state index contributed by atoms with van der Waals surface area (Å²) in [7, 11) is 0. The van der Waals surface area contributed by atoms with Crippen molar-refractivity contribution in [3.8, 4) is 11.5 Å². The molecule has 0 radical (unpaired) electrons. The second kappa shape index (κ2) is 9.23. The molecule has 1 heterocycles. The highest BCUT2D eigenvalue weighted by Gasteiger charge is 2.39. The Bertz CT molecular complexity index is 1070. The molecule has 0 saturated heterocycles. The predicted molar refractivity (Wildman–Crippen MR) is 125 cm³/mol. The number of nitrogens with two attached hydrogens (primary N) is 1. The van der Waals surface area contributed by atoms with Gasteiger partial charge in [0.05, 0.1) is 0 Å². The van der Waals surface area contributed by atoms with Crippen molar-refractivity contribution in [3.63, 3.8) is 0 Å². The minimum absolute atomic E-state index is 0.0193. The van der Waals surface area contributed by atoms with Gasteiger partial charge < -0.3 is 25.4 Å². The normalized spacial score (nSPS) is 21.5. The Morgan fingerprint density at radius 2 is 1.82 bits per heavy atom. The SMILES string of the molecule is NC1CCCCC1N(Cc1cc(NC(=O)c2ccc3c(c2)OCO3)ccc1Cl)C(=O)C1CC1. The molecule has 2 saturated carbocycles. The Balaban J connectivity index is 1.34. The summed E-state index contributed by atoms with van der Waals surface area (Å²) < 4.78 is 10.7. The van der Waals surface area contributed by atoms with Crippen molar-refractivity contribution in [3.05, 3.63) is 52.5 Å². The molecule has 2 atom stereocenters. The Morgan fingerprint density at radius 1 is 1.03 bits per heavy atom. The van der Waals surface area contributed by atoms with Crippen LogP contribution in [0.5, 0.6) is 11.5 Å². The lowest BCUT2D eigenvalue weighted by Gasteiger charge is -2.39. The minimum Gasteiger partial charge on any atom is -0.454 e. The second-order valence-electron chi connectivity index (χ2n) is 9.08. The zero-order chi connectivity index (χ0) is 22.9. The maximum Gasteiger partial charge on any atom is 0.255 e. The predicted octanol–water partition coefficient (Wildman–Crippen LogP) is 4.33. The molecule has 0 spiro atoms. The van der Waals surface area contributed by atoms with Crippen LogP contribution in [0.2, 0.25) is 5.02 Å². The molecule has 33 heavy (non-hydrogen) atoms. The molecule has 3 aliphatic rings. The first-order valence-corrected chi connectivity index (χ1v) is 11.9. The van der Waals surface area contributed by atoms with Crippen LogP contribution in [0.1, 0.15) is 54.4 Å². The van der Waals surface area contributed by atoms with Crippen LogP contribution >= 0.6 is 11.6 Å². The van der Waals surface area contributed by atoms with Gasteiger partial charge in [0.15, 0.2) is 11.5 Å². The van der Waals surface area contributed by atoms with Crippen molar-refractivity contribution in [1.82, 2.24) is 4.90 Å². The average molecular weight is 470 g/mol. The molecular formula is C25H28ClN3O4. The van der Waals surface area contributed by atoms with Gasteiger partial charge in [-0.25, -0.2) is 0 Å². The van der Waals surface area contributed by atoms with Gasteiger partial charge in [0, 0.05) is 40.8 Å². The molecule has 3 N–H and O–H groups in total. The van der Waals surface area contributed by atoms with Crippen molar-refractivity contribution in [2.75, 3.05) is 12.1 Å². The summed E-state index contributed by atoms with van der Waals surface area (Å²) in [6.45, 7) is 0.544. The number of halogens is 1. The van der Waals surface area contributed by atoms with E-state index in [2.05, 4.69) is 5.32 Å². The standard InChI is InChI=1S/C25H28ClN3O4/c26-19-9-8-18(28-24(30)16-7-10-22-23(12-16)33-14-32-22)11-17(19)13-29(25(31)15-5-6-15)21-4-2-1-3-20(21)27/h7-12,15,20-21H,1-6,13-14,27H2,(H,28,30). The molecule has 5 rings (SSSR count).